The van der Waals surface area contributed by atoms with Crippen molar-refractivity contribution in [3.8, 4) is 11.3 Å². The lowest BCUT2D eigenvalue weighted by atomic mass is 10.1. The lowest BCUT2D eigenvalue weighted by Crippen LogP contribution is -2.14. The molecule has 28 heavy (non-hydrogen) atoms. The molecule has 0 aliphatic heterocycles. The van der Waals surface area contributed by atoms with Crippen molar-refractivity contribution in [1.29, 1.82) is 0 Å². The summed E-state index contributed by atoms with van der Waals surface area (Å²) in [6.45, 7) is 6.36. The number of anilines is 1. The van der Waals surface area contributed by atoms with Crippen molar-refractivity contribution in [3.05, 3.63) is 59.2 Å². The summed E-state index contributed by atoms with van der Waals surface area (Å²) >= 11 is 0. The van der Waals surface area contributed by atoms with Crippen LogP contribution in [-0.2, 0) is 6.54 Å². The number of hydrogen-bond donors (Lipinski definition) is 1. The summed E-state index contributed by atoms with van der Waals surface area (Å²) in [4.78, 5) is 17.4. The number of pyridine rings is 1. The summed E-state index contributed by atoms with van der Waals surface area (Å²) < 4.78 is 20.3. The van der Waals surface area contributed by atoms with Crippen LogP contribution in [0.1, 0.15) is 28.7 Å². The minimum absolute atomic E-state index is 0.250. The van der Waals surface area contributed by atoms with E-state index in [1.54, 1.807) is 35.9 Å². The summed E-state index contributed by atoms with van der Waals surface area (Å²) in [6, 6.07) is 9.33. The zero-order valence-electron chi connectivity index (χ0n) is 15.7. The summed E-state index contributed by atoms with van der Waals surface area (Å²) in [5.41, 5.74) is 3.28. The minimum Gasteiger partial charge on any atom is -0.335 e. The Balaban J connectivity index is 1.78. The van der Waals surface area contributed by atoms with Gasteiger partial charge in [0.2, 0.25) is 0 Å². The largest absolute Gasteiger partial charge is 0.335 e. The van der Waals surface area contributed by atoms with Gasteiger partial charge in [-0.25, -0.2) is 9.37 Å². The van der Waals surface area contributed by atoms with Crippen LogP contribution in [0.4, 0.5) is 10.2 Å². The van der Waals surface area contributed by atoms with E-state index in [0.717, 1.165) is 5.69 Å². The van der Waals surface area contributed by atoms with E-state index in [9.17, 15) is 9.18 Å². The fourth-order valence-corrected chi connectivity index (χ4v) is 3.12. The van der Waals surface area contributed by atoms with Gasteiger partial charge < -0.3 is 9.84 Å². The molecule has 7 nitrogen and oxygen atoms in total. The number of amides is 1. The van der Waals surface area contributed by atoms with Crippen LogP contribution in [0, 0.1) is 19.7 Å². The van der Waals surface area contributed by atoms with Crippen molar-refractivity contribution < 1.29 is 13.7 Å². The molecule has 1 amide bonds. The molecule has 0 aliphatic carbocycles. The Bertz CT molecular complexity index is 1180. The summed E-state index contributed by atoms with van der Waals surface area (Å²) in [5, 5.41) is 11.7. The fourth-order valence-electron chi connectivity index (χ4n) is 3.12. The van der Waals surface area contributed by atoms with Crippen molar-refractivity contribution in [2.24, 2.45) is 0 Å². The first-order chi connectivity index (χ1) is 13.5. The number of fused-ring (bicyclic) bond motifs is 1. The van der Waals surface area contributed by atoms with Crippen molar-refractivity contribution in [2.75, 3.05) is 5.32 Å². The first-order valence-electron chi connectivity index (χ1n) is 8.85. The molecule has 142 valence electrons. The van der Waals surface area contributed by atoms with Crippen LogP contribution < -0.4 is 5.32 Å². The molecule has 3 aromatic heterocycles. The monoisotopic (exact) mass is 379 g/mol. The number of hydrogen-bond acceptors (Lipinski definition) is 5. The van der Waals surface area contributed by atoms with E-state index in [-0.39, 0.29) is 17.4 Å². The Kier molecular flexibility index (Phi) is 4.38. The second-order valence-electron chi connectivity index (χ2n) is 6.45. The zero-order chi connectivity index (χ0) is 19.8. The first-order valence-corrected chi connectivity index (χ1v) is 8.85. The topological polar surface area (TPSA) is 85.8 Å². The SMILES string of the molecule is CCn1nc(NC(=O)c2cc(-c3ccc(F)cc3)nc3onc(C)c23)cc1C. The van der Waals surface area contributed by atoms with Gasteiger partial charge in [-0.2, -0.15) is 5.10 Å². The van der Waals surface area contributed by atoms with E-state index in [1.165, 1.54) is 12.1 Å². The van der Waals surface area contributed by atoms with Gasteiger partial charge in [-0.05, 0) is 51.1 Å². The molecule has 0 radical (unpaired) electrons. The second kappa shape index (κ2) is 6.88. The number of nitrogens with zero attached hydrogens (tertiary/aromatic N) is 4. The predicted octanol–water partition coefficient (Wildman–Crippen LogP) is 4.11. The Labute approximate surface area is 160 Å². The number of nitrogens with one attached hydrogen (secondary N) is 1. The van der Waals surface area contributed by atoms with E-state index in [4.69, 9.17) is 4.52 Å². The Hall–Kier alpha value is -3.55. The van der Waals surface area contributed by atoms with Gasteiger partial charge in [0, 0.05) is 23.9 Å². The number of carbonyl (C=O) groups excluding carboxylic acids is 1. The third-order valence-electron chi connectivity index (χ3n) is 4.52. The van der Waals surface area contributed by atoms with Gasteiger partial charge in [-0.3, -0.25) is 9.48 Å². The number of aryl methyl sites for hydroxylation is 3. The fraction of sp³-hybridized carbons (Fsp3) is 0.200. The number of rotatable bonds is 4. The maximum Gasteiger partial charge on any atom is 0.259 e. The van der Waals surface area contributed by atoms with Gasteiger partial charge >= 0.3 is 0 Å². The molecule has 1 aromatic carbocycles. The number of benzene rings is 1. The van der Waals surface area contributed by atoms with E-state index >= 15 is 0 Å². The van der Waals surface area contributed by atoms with Crippen molar-refractivity contribution in [3.63, 3.8) is 0 Å². The highest BCUT2D eigenvalue weighted by molar-refractivity contribution is 6.12. The van der Waals surface area contributed by atoms with Gasteiger partial charge in [-0.15, -0.1) is 0 Å². The molecule has 0 saturated heterocycles. The van der Waals surface area contributed by atoms with E-state index in [1.807, 2.05) is 13.8 Å². The smallest absolute Gasteiger partial charge is 0.259 e. The van der Waals surface area contributed by atoms with Crippen LogP contribution in [-0.4, -0.2) is 25.8 Å². The lowest BCUT2D eigenvalue weighted by Gasteiger charge is -2.07. The molecule has 3 heterocycles. The number of halogens is 1. The number of aromatic nitrogens is 4. The van der Waals surface area contributed by atoms with Crippen molar-refractivity contribution in [1.82, 2.24) is 19.9 Å². The molecule has 4 rings (SSSR count). The van der Waals surface area contributed by atoms with Crippen LogP contribution >= 0.6 is 0 Å². The average molecular weight is 379 g/mol. The molecule has 0 unspecified atom stereocenters. The van der Waals surface area contributed by atoms with Crippen molar-refractivity contribution in [2.45, 2.75) is 27.3 Å². The first kappa shape index (κ1) is 17.8. The quantitative estimate of drug-likeness (QED) is 0.577. The average Bonchev–Trinajstić information content (AvgIpc) is 3.23. The summed E-state index contributed by atoms with van der Waals surface area (Å²) in [5.74, 6) is -0.227. The van der Waals surface area contributed by atoms with Crippen LogP contribution in [0.5, 0.6) is 0 Å². The third kappa shape index (κ3) is 3.13. The Morgan fingerprint density at radius 1 is 1.21 bits per heavy atom. The molecule has 1 N–H and O–H groups in total. The van der Waals surface area contributed by atoms with Crippen LogP contribution in [0.25, 0.3) is 22.4 Å². The van der Waals surface area contributed by atoms with E-state index < -0.39 is 0 Å². The van der Waals surface area contributed by atoms with Crippen LogP contribution in [0.2, 0.25) is 0 Å². The minimum atomic E-state index is -0.347. The normalized spacial score (nSPS) is 11.1. The molecule has 0 bridgehead atoms. The molecular formula is C20H18FN5O2. The second-order valence-corrected chi connectivity index (χ2v) is 6.45. The Morgan fingerprint density at radius 2 is 1.96 bits per heavy atom. The molecule has 8 heteroatoms. The third-order valence-corrected chi connectivity index (χ3v) is 4.52. The van der Waals surface area contributed by atoms with Gasteiger partial charge in [-0.1, -0.05) is 5.16 Å². The molecule has 4 aromatic rings. The molecule has 0 saturated carbocycles. The molecule has 0 aliphatic rings. The Morgan fingerprint density at radius 3 is 2.64 bits per heavy atom. The van der Waals surface area contributed by atoms with Crippen LogP contribution in [0.3, 0.4) is 0 Å². The summed E-state index contributed by atoms with van der Waals surface area (Å²) in [7, 11) is 0. The molecule has 0 atom stereocenters. The highest BCUT2D eigenvalue weighted by Gasteiger charge is 2.20. The van der Waals surface area contributed by atoms with Crippen LogP contribution in [0.15, 0.2) is 40.9 Å². The van der Waals surface area contributed by atoms with Crippen molar-refractivity contribution >= 4 is 22.8 Å². The number of carbonyl (C=O) groups is 1. The molecular weight excluding hydrogens is 361 g/mol. The van der Waals surface area contributed by atoms with Gasteiger partial charge in [0.25, 0.3) is 11.6 Å². The maximum atomic E-state index is 13.3. The highest BCUT2D eigenvalue weighted by atomic mass is 19.1. The maximum absolute atomic E-state index is 13.3. The van der Waals surface area contributed by atoms with Gasteiger partial charge in [0.05, 0.1) is 22.3 Å². The van der Waals surface area contributed by atoms with E-state index in [0.29, 0.717) is 40.3 Å². The predicted molar refractivity (Wildman–Crippen MR) is 103 cm³/mol. The lowest BCUT2D eigenvalue weighted by molar-refractivity contribution is 0.102. The van der Waals surface area contributed by atoms with Gasteiger partial charge in [0.1, 0.15) is 5.82 Å². The summed E-state index contributed by atoms with van der Waals surface area (Å²) in [6.07, 6.45) is 0. The zero-order valence-corrected chi connectivity index (χ0v) is 15.7. The van der Waals surface area contributed by atoms with E-state index in [2.05, 4.69) is 20.6 Å². The molecule has 0 spiro atoms. The highest BCUT2D eigenvalue weighted by Crippen LogP contribution is 2.27. The standard InChI is InChI=1S/C20H18FN5O2/c1-4-26-11(2)9-17(24-26)23-19(27)15-10-16(13-5-7-14(21)8-6-13)22-20-18(15)12(3)25-28-20/h5-10H,4H2,1-3H3,(H,23,24,27). The molecule has 0 fully saturated rings. The van der Waals surface area contributed by atoms with Gasteiger partial charge in [0.15, 0.2) is 5.82 Å².